The molecule has 0 aliphatic carbocycles. The fraction of sp³-hybridized carbons (Fsp3) is 1.00. The largest absolute Gasteiger partial charge is 0.392 e. The van der Waals surface area contributed by atoms with Crippen LogP contribution in [0.3, 0.4) is 0 Å². The van der Waals surface area contributed by atoms with Gasteiger partial charge in [-0.2, -0.15) is 0 Å². The third-order valence-electron chi connectivity index (χ3n) is 5.13. The van der Waals surface area contributed by atoms with Crippen molar-refractivity contribution in [2.24, 2.45) is 16.7 Å². The average molecular weight is 357 g/mol. The van der Waals surface area contributed by atoms with E-state index in [2.05, 4.69) is 44.4 Å². The molecule has 1 aliphatic heterocycles. The first kappa shape index (κ1) is 22.9. The summed E-state index contributed by atoms with van der Waals surface area (Å²) in [5.41, 5.74) is 0.340. The molecule has 1 heterocycles. The van der Waals surface area contributed by atoms with E-state index in [9.17, 15) is 10.2 Å². The minimum Gasteiger partial charge on any atom is -0.392 e. The highest BCUT2D eigenvalue weighted by molar-refractivity contribution is 4.83. The summed E-state index contributed by atoms with van der Waals surface area (Å²) in [7, 11) is 4.02. The summed E-state index contributed by atoms with van der Waals surface area (Å²) in [4.78, 5) is 4.51. The number of rotatable bonds is 9. The normalized spacial score (nSPS) is 23.0. The Morgan fingerprint density at radius 2 is 1.68 bits per heavy atom. The van der Waals surface area contributed by atoms with Gasteiger partial charge in [0.2, 0.25) is 0 Å². The number of likely N-dealkylation sites (tertiary alicyclic amines) is 1. The second-order valence-corrected chi connectivity index (χ2v) is 10.7. The van der Waals surface area contributed by atoms with Gasteiger partial charge in [-0.05, 0) is 69.5 Å². The lowest BCUT2D eigenvalue weighted by molar-refractivity contribution is 0.0412. The van der Waals surface area contributed by atoms with Crippen LogP contribution < -0.4 is 0 Å². The third kappa shape index (κ3) is 10.5. The number of aliphatic hydroxyl groups is 2. The van der Waals surface area contributed by atoms with E-state index in [1.807, 2.05) is 14.1 Å². The zero-order valence-electron chi connectivity index (χ0n) is 17.9. The van der Waals surface area contributed by atoms with Gasteiger partial charge in [-0.3, -0.25) is 0 Å². The fourth-order valence-electron chi connectivity index (χ4n) is 4.54. The summed E-state index contributed by atoms with van der Waals surface area (Å²) < 4.78 is 0. The summed E-state index contributed by atoms with van der Waals surface area (Å²) in [5.74, 6) is 0.678. The van der Waals surface area contributed by atoms with Gasteiger partial charge in [-0.1, -0.05) is 34.6 Å². The molecule has 150 valence electrons. The predicted molar refractivity (Wildman–Crippen MR) is 107 cm³/mol. The van der Waals surface area contributed by atoms with Gasteiger partial charge in [0.1, 0.15) is 0 Å². The zero-order valence-corrected chi connectivity index (χ0v) is 17.9. The lowest BCUT2D eigenvalue weighted by atomic mass is 9.76. The monoisotopic (exact) mass is 356 g/mol. The van der Waals surface area contributed by atoms with Gasteiger partial charge in [0, 0.05) is 19.6 Å². The van der Waals surface area contributed by atoms with E-state index in [-0.39, 0.29) is 23.0 Å². The lowest BCUT2D eigenvalue weighted by Gasteiger charge is -2.39. The van der Waals surface area contributed by atoms with Gasteiger partial charge < -0.3 is 20.0 Å². The molecule has 3 unspecified atom stereocenters. The van der Waals surface area contributed by atoms with E-state index in [1.165, 1.54) is 12.8 Å². The molecule has 3 atom stereocenters. The molecule has 1 fully saturated rings. The maximum Gasteiger partial charge on any atom is 0.0672 e. The van der Waals surface area contributed by atoms with Crippen LogP contribution in [-0.2, 0) is 0 Å². The van der Waals surface area contributed by atoms with Crippen LogP contribution >= 0.6 is 0 Å². The van der Waals surface area contributed by atoms with Crippen molar-refractivity contribution in [3.05, 3.63) is 0 Å². The quantitative estimate of drug-likeness (QED) is 0.666. The molecular formula is C21H44N2O2. The van der Waals surface area contributed by atoms with Crippen LogP contribution in [0.1, 0.15) is 66.7 Å². The first-order chi connectivity index (χ1) is 11.4. The minimum absolute atomic E-state index is 0.160. The summed E-state index contributed by atoms with van der Waals surface area (Å²) in [6, 6.07) is 0. The van der Waals surface area contributed by atoms with E-state index in [0.29, 0.717) is 5.92 Å². The van der Waals surface area contributed by atoms with E-state index in [4.69, 9.17) is 0 Å². The van der Waals surface area contributed by atoms with Crippen LogP contribution in [0.25, 0.3) is 0 Å². The Balaban J connectivity index is 2.46. The van der Waals surface area contributed by atoms with Gasteiger partial charge in [0.15, 0.2) is 0 Å². The SMILES string of the molecule is CN(C)CC(O)CC(C)(C)CC1CCCN(CC(O)CC(C)(C)C)C1. The van der Waals surface area contributed by atoms with Crippen LogP contribution in [0.15, 0.2) is 0 Å². The van der Waals surface area contributed by atoms with Gasteiger partial charge in [0.25, 0.3) is 0 Å². The molecule has 4 nitrogen and oxygen atoms in total. The highest BCUT2D eigenvalue weighted by atomic mass is 16.3. The van der Waals surface area contributed by atoms with Crippen molar-refractivity contribution < 1.29 is 10.2 Å². The highest BCUT2D eigenvalue weighted by Crippen LogP contribution is 2.34. The molecule has 4 heteroatoms. The number of hydrogen-bond donors (Lipinski definition) is 2. The van der Waals surface area contributed by atoms with Crippen molar-refractivity contribution in [3.8, 4) is 0 Å². The Bertz CT molecular complexity index is 377. The van der Waals surface area contributed by atoms with Gasteiger partial charge in [-0.25, -0.2) is 0 Å². The molecule has 0 bridgehead atoms. The Hall–Kier alpha value is -0.160. The maximum absolute atomic E-state index is 10.4. The zero-order chi connectivity index (χ0) is 19.3. The van der Waals surface area contributed by atoms with Crippen LogP contribution in [0, 0.1) is 16.7 Å². The van der Waals surface area contributed by atoms with Crippen molar-refractivity contribution in [1.29, 1.82) is 0 Å². The second-order valence-electron chi connectivity index (χ2n) is 10.7. The second kappa shape index (κ2) is 9.68. The number of aliphatic hydroxyl groups excluding tert-OH is 2. The molecule has 25 heavy (non-hydrogen) atoms. The van der Waals surface area contributed by atoms with E-state index in [1.54, 1.807) is 0 Å². The number of likely N-dealkylation sites (N-methyl/N-ethyl adjacent to an activating group) is 1. The average Bonchev–Trinajstić information content (AvgIpc) is 2.33. The van der Waals surface area contributed by atoms with Crippen molar-refractivity contribution in [2.75, 3.05) is 40.3 Å². The molecule has 0 aromatic carbocycles. The minimum atomic E-state index is -0.252. The van der Waals surface area contributed by atoms with Crippen LogP contribution in [0.4, 0.5) is 0 Å². The van der Waals surface area contributed by atoms with E-state index < -0.39 is 0 Å². The van der Waals surface area contributed by atoms with E-state index >= 15 is 0 Å². The van der Waals surface area contributed by atoms with Crippen molar-refractivity contribution in [2.45, 2.75) is 78.9 Å². The Morgan fingerprint density at radius 1 is 1.04 bits per heavy atom. The summed E-state index contributed by atoms with van der Waals surface area (Å²) >= 11 is 0. The van der Waals surface area contributed by atoms with Crippen molar-refractivity contribution >= 4 is 0 Å². The topological polar surface area (TPSA) is 46.9 Å². The smallest absolute Gasteiger partial charge is 0.0672 e. The molecule has 1 saturated heterocycles. The van der Waals surface area contributed by atoms with Gasteiger partial charge in [-0.15, -0.1) is 0 Å². The lowest BCUT2D eigenvalue weighted by Crippen LogP contribution is -2.42. The molecular weight excluding hydrogens is 312 g/mol. The first-order valence-electron chi connectivity index (χ1n) is 10.1. The standard InChI is InChI=1S/C21H44N2O2/c1-20(2,3)12-18(24)16-23-10-8-9-17(14-23)11-21(4,5)13-19(25)15-22(6)7/h17-19,24-25H,8-16H2,1-7H3. The first-order valence-corrected chi connectivity index (χ1v) is 10.1. The number of piperidine rings is 1. The van der Waals surface area contributed by atoms with Crippen molar-refractivity contribution in [1.82, 2.24) is 9.80 Å². The number of nitrogens with zero attached hydrogens (tertiary/aromatic N) is 2. The molecule has 0 saturated carbocycles. The molecule has 1 rings (SSSR count). The Labute approximate surface area is 156 Å². The molecule has 0 radical (unpaired) electrons. The van der Waals surface area contributed by atoms with Gasteiger partial charge in [0.05, 0.1) is 12.2 Å². The van der Waals surface area contributed by atoms with E-state index in [0.717, 1.165) is 45.4 Å². The molecule has 0 aromatic rings. The predicted octanol–water partition coefficient (Wildman–Crippen LogP) is 3.22. The Kier molecular flexibility index (Phi) is 8.86. The summed E-state index contributed by atoms with van der Waals surface area (Å²) in [6.45, 7) is 14.9. The van der Waals surface area contributed by atoms with Crippen molar-refractivity contribution in [3.63, 3.8) is 0 Å². The number of β-amino-alcohol motifs (C(OH)–C–C–N with tert-alkyl or cyclic N) is 1. The highest BCUT2D eigenvalue weighted by Gasteiger charge is 2.30. The molecule has 0 amide bonds. The van der Waals surface area contributed by atoms with Crippen LogP contribution in [-0.4, -0.2) is 72.5 Å². The number of hydrogen-bond acceptors (Lipinski definition) is 4. The molecule has 2 N–H and O–H groups in total. The molecule has 1 aliphatic rings. The molecule has 0 aromatic heterocycles. The third-order valence-corrected chi connectivity index (χ3v) is 5.13. The molecule has 0 spiro atoms. The fourth-order valence-corrected chi connectivity index (χ4v) is 4.54. The maximum atomic E-state index is 10.4. The van der Waals surface area contributed by atoms with Gasteiger partial charge >= 0.3 is 0 Å². The summed E-state index contributed by atoms with van der Waals surface area (Å²) in [6.07, 6.45) is 4.89. The van der Waals surface area contributed by atoms with Crippen LogP contribution in [0.5, 0.6) is 0 Å². The Morgan fingerprint density at radius 3 is 2.24 bits per heavy atom. The van der Waals surface area contributed by atoms with Crippen LogP contribution in [0.2, 0.25) is 0 Å². The summed E-state index contributed by atoms with van der Waals surface area (Å²) in [5, 5.41) is 20.7.